The zero-order chi connectivity index (χ0) is 12.0. The lowest BCUT2D eigenvalue weighted by Crippen LogP contribution is -2.47. The van der Waals surface area contributed by atoms with Gasteiger partial charge in [-0.25, -0.2) is 0 Å². The quantitative estimate of drug-likeness (QED) is 0.740. The van der Waals surface area contributed by atoms with Crippen LogP contribution in [0.1, 0.15) is 59.3 Å². The van der Waals surface area contributed by atoms with Gasteiger partial charge in [-0.2, -0.15) is 0 Å². The molecule has 0 aliphatic heterocycles. The molecule has 0 spiro atoms. The predicted octanol–water partition coefficient (Wildman–Crippen LogP) is 3.22. The van der Waals surface area contributed by atoms with Crippen molar-refractivity contribution in [1.29, 1.82) is 0 Å². The third-order valence-electron chi connectivity index (χ3n) is 3.50. The minimum Gasteiger partial charge on any atom is -0.360 e. The molecule has 16 heavy (non-hydrogen) atoms. The van der Waals surface area contributed by atoms with Crippen LogP contribution in [0.4, 0.5) is 0 Å². The molecule has 1 aliphatic carbocycles. The van der Waals surface area contributed by atoms with Gasteiger partial charge in [0.1, 0.15) is 0 Å². The number of hydrogen-bond acceptors (Lipinski definition) is 1. The second-order valence-corrected chi connectivity index (χ2v) is 5.62. The Hall–Kier alpha value is -0.310. The second-order valence-electron chi connectivity index (χ2n) is 5.21. The van der Waals surface area contributed by atoms with Crippen LogP contribution < -0.4 is 10.6 Å². The number of thiocarbonyl (C=S) groups is 1. The van der Waals surface area contributed by atoms with Crippen LogP contribution in [0.15, 0.2) is 0 Å². The van der Waals surface area contributed by atoms with Gasteiger partial charge in [0.15, 0.2) is 5.11 Å². The van der Waals surface area contributed by atoms with Crippen molar-refractivity contribution >= 4 is 17.3 Å². The standard InChI is InChI=1S/C13H26N2S/c1-4-12(10(2)3)15-13(16)14-11-8-6-5-7-9-11/h10-12H,4-9H2,1-3H3,(H2,14,15,16). The predicted molar refractivity (Wildman–Crippen MR) is 74.7 cm³/mol. The summed E-state index contributed by atoms with van der Waals surface area (Å²) in [7, 11) is 0. The summed E-state index contributed by atoms with van der Waals surface area (Å²) in [5.74, 6) is 0.635. The van der Waals surface area contributed by atoms with E-state index in [0.717, 1.165) is 11.5 Å². The summed E-state index contributed by atoms with van der Waals surface area (Å²) in [5, 5.41) is 7.75. The van der Waals surface area contributed by atoms with Gasteiger partial charge in [-0.05, 0) is 37.4 Å². The summed E-state index contributed by atoms with van der Waals surface area (Å²) in [4.78, 5) is 0. The molecular weight excluding hydrogens is 216 g/mol. The van der Waals surface area contributed by atoms with Crippen LogP contribution in [0.5, 0.6) is 0 Å². The molecule has 0 aromatic heterocycles. The van der Waals surface area contributed by atoms with Crippen LogP contribution in [-0.4, -0.2) is 17.2 Å². The average molecular weight is 242 g/mol. The number of nitrogens with one attached hydrogen (secondary N) is 2. The third-order valence-corrected chi connectivity index (χ3v) is 3.74. The van der Waals surface area contributed by atoms with Crippen LogP contribution in [-0.2, 0) is 0 Å². The first kappa shape index (κ1) is 13.8. The molecule has 1 atom stereocenters. The van der Waals surface area contributed by atoms with E-state index in [2.05, 4.69) is 31.4 Å². The number of hydrogen-bond donors (Lipinski definition) is 2. The van der Waals surface area contributed by atoms with Crippen LogP contribution in [0.2, 0.25) is 0 Å². The Morgan fingerprint density at radius 3 is 2.38 bits per heavy atom. The molecule has 1 aliphatic rings. The topological polar surface area (TPSA) is 24.1 Å². The van der Waals surface area contributed by atoms with Crippen molar-refractivity contribution in [3.05, 3.63) is 0 Å². The molecule has 2 N–H and O–H groups in total. The van der Waals surface area contributed by atoms with Crippen molar-refractivity contribution in [2.75, 3.05) is 0 Å². The molecule has 1 unspecified atom stereocenters. The summed E-state index contributed by atoms with van der Waals surface area (Å²) >= 11 is 5.37. The lowest BCUT2D eigenvalue weighted by Gasteiger charge is -2.28. The van der Waals surface area contributed by atoms with E-state index in [1.54, 1.807) is 0 Å². The highest BCUT2D eigenvalue weighted by Gasteiger charge is 2.16. The fourth-order valence-electron chi connectivity index (χ4n) is 2.38. The summed E-state index contributed by atoms with van der Waals surface area (Å²) in [6.07, 6.45) is 7.77. The molecule has 1 saturated carbocycles. The lowest BCUT2D eigenvalue weighted by molar-refractivity contribution is 0.399. The highest BCUT2D eigenvalue weighted by Crippen LogP contribution is 2.17. The van der Waals surface area contributed by atoms with E-state index in [0.29, 0.717) is 18.0 Å². The molecule has 0 saturated heterocycles. The molecule has 3 heteroatoms. The van der Waals surface area contributed by atoms with E-state index in [-0.39, 0.29) is 0 Å². The van der Waals surface area contributed by atoms with Crippen LogP contribution in [0.25, 0.3) is 0 Å². The first-order valence-corrected chi connectivity index (χ1v) is 7.11. The Bertz CT molecular complexity index is 210. The van der Waals surface area contributed by atoms with Gasteiger partial charge in [-0.15, -0.1) is 0 Å². The summed E-state index contributed by atoms with van der Waals surface area (Å²) < 4.78 is 0. The number of rotatable bonds is 4. The van der Waals surface area contributed by atoms with E-state index in [9.17, 15) is 0 Å². The maximum atomic E-state index is 5.37. The van der Waals surface area contributed by atoms with Gasteiger partial charge in [0, 0.05) is 12.1 Å². The van der Waals surface area contributed by atoms with Crippen molar-refractivity contribution in [3.63, 3.8) is 0 Å². The van der Waals surface area contributed by atoms with E-state index < -0.39 is 0 Å². The highest BCUT2D eigenvalue weighted by molar-refractivity contribution is 7.80. The molecule has 0 radical (unpaired) electrons. The zero-order valence-electron chi connectivity index (χ0n) is 10.9. The van der Waals surface area contributed by atoms with Gasteiger partial charge in [0.25, 0.3) is 0 Å². The first-order valence-electron chi connectivity index (χ1n) is 6.70. The normalized spacial score (nSPS) is 19.5. The van der Waals surface area contributed by atoms with Crippen LogP contribution >= 0.6 is 12.2 Å². The van der Waals surface area contributed by atoms with Crippen molar-refractivity contribution in [2.24, 2.45) is 5.92 Å². The largest absolute Gasteiger partial charge is 0.360 e. The molecule has 0 bridgehead atoms. The Morgan fingerprint density at radius 1 is 1.25 bits per heavy atom. The Kier molecular flexibility index (Phi) is 6.10. The van der Waals surface area contributed by atoms with Crippen molar-refractivity contribution in [2.45, 2.75) is 71.4 Å². The molecule has 1 fully saturated rings. The maximum absolute atomic E-state index is 5.37. The maximum Gasteiger partial charge on any atom is 0.166 e. The smallest absolute Gasteiger partial charge is 0.166 e. The summed E-state index contributed by atoms with van der Waals surface area (Å²) in [6, 6.07) is 1.11. The molecule has 0 amide bonds. The minimum absolute atomic E-state index is 0.503. The Balaban J connectivity index is 2.28. The van der Waals surface area contributed by atoms with Crippen LogP contribution in [0, 0.1) is 5.92 Å². The highest BCUT2D eigenvalue weighted by atomic mass is 32.1. The first-order chi connectivity index (χ1) is 7.63. The Labute approximate surface area is 106 Å². The van der Waals surface area contributed by atoms with E-state index in [1.165, 1.54) is 32.1 Å². The molecule has 0 aromatic carbocycles. The van der Waals surface area contributed by atoms with Gasteiger partial charge in [0.2, 0.25) is 0 Å². The van der Waals surface area contributed by atoms with Gasteiger partial charge >= 0.3 is 0 Å². The third kappa shape index (κ3) is 4.69. The van der Waals surface area contributed by atoms with Crippen molar-refractivity contribution < 1.29 is 0 Å². The van der Waals surface area contributed by atoms with Gasteiger partial charge in [-0.1, -0.05) is 40.0 Å². The van der Waals surface area contributed by atoms with E-state index in [1.807, 2.05) is 0 Å². The SMILES string of the molecule is CCC(NC(=S)NC1CCCCC1)C(C)C. The lowest BCUT2D eigenvalue weighted by atomic mass is 9.96. The van der Waals surface area contributed by atoms with E-state index in [4.69, 9.17) is 12.2 Å². The summed E-state index contributed by atoms with van der Waals surface area (Å²) in [6.45, 7) is 6.69. The van der Waals surface area contributed by atoms with Gasteiger partial charge < -0.3 is 10.6 Å². The average Bonchev–Trinajstić information content (AvgIpc) is 2.27. The molecule has 2 nitrogen and oxygen atoms in total. The molecule has 1 rings (SSSR count). The van der Waals surface area contributed by atoms with Gasteiger partial charge in [0.05, 0.1) is 0 Å². The zero-order valence-corrected chi connectivity index (χ0v) is 11.7. The molecule has 0 aromatic rings. The molecule has 0 heterocycles. The van der Waals surface area contributed by atoms with Crippen molar-refractivity contribution in [3.8, 4) is 0 Å². The Morgan fingerprint density at radius 2 is 1.88 bits per heavy atom. The molecular formula is C13H26N2S. The summed E-state index contributed by atoms with van der Waals surface area (Å²) in [5.41, 5.74) is 0. The fourth-order valence-corrected chi connectivity index (χ4v) is 2.70. The minimum atomic E-state index is 0.503. The van der Waals surface area contributed by atoms with Crippen molar-refractivity contribution in [1.82, 2.24) is 10.6 Å². The van der Waals surface area contributed by atoms with Gasteiger partial charge in [-0.3, -0.25) is 0 Å². The second kappa shape index (κ2) is 7.10. The molecule has 94 valence electrons. The van der Waals surface area contributed by atoms with Crippen LogP contribution in [0.3, 0.4) is 0 Å². The monoisotopic (exact) mass is 242 g/mol. The fraction of sp³-hybridized carbons (Fsp3) is 0.923. The van der Waals surface area contributed by atoms with E-state index >= 15 is 0 Å².